The summed E-state index contributed by atoms with van der Waals surface area (Å²) in [6.45, 7) is 8.50. The Morgan fingerprint density at radius 2 is 0.404 bits per heavy atom. The second kappa shape index (κ2) is 32.1. The van der Waals surface area contributed by atoms with Crippen molar-refractivity contribution in [2.45, 2.75) is 104 Å². The molecule has 0 aliphatic heterocycles. The average Bonchev–Trinajstić information content (AvgIpc) is 0.714. The molecular weight excluding hydrogens is 1410 g/mol. The predicted molar refractivity (Wildman–Crippen MR) is 472 cm³/mol. The Hall–Kier alpha value is -12.8. The highest BCUT2D eigenvalue weighted by Crippen LogP contribution is 2.56. The summed E-state index contributed by atoms with van der Waals surface area (Å²) in [4.78, 5) is 9.35. The van der Waals surface area contributed by atoms with E-state index in [-0.39, 0.29) is 12.2 Å². The molecule has 0 radical (unpaired) electrons. The minimum Gasteiger partial charge on any atom is -0.497 e. The molecule has 0 spiro atoms. The maximum absolute atomic E-state index is 7.23. The topological polar surface area (TPSA) is 86.8 Å². The Morgan fingerprint density at radius 3 is 0.614 bits per heavy atom. The van der Waals surface area contributed by atoms with Crippen LogP contribution in [0.4, 0.5) is 68.2 Å². The maximum Gasteiger partial charge on any atom is 0.129 e. The monoisotopic (exact) mass is 1500 g/mol. The number of anilines is 12. The fraction of sp³-hybridized carbons (Fsp3) is 0.216. The molecule has 12 nitrogen and oxygen atoms in total. The fourth-order valence-corrected chi connectivity index (χ4v) is 17.2. The van der Waals surface area contributed by atoms with Crippen molar-refractivity contribution in [3.63, 3.8) is 0 Å². The molecule has 0 amide bonds. The molecule has 2 fully saturated rings. The first-order valence-electron chi connectivity index (χ1n) is 39.9. The molecule has 2 aliphatic carbocycles. The van der Waals surface area contributed by atoms with E-state index in [1.165, 1.54) is 71.6 Å². The van der Waals surface area contributed by atoms with Gasteiger partial charge in [-0.05, 0) is 249 Å². The summed E-state index contributed by atoms with van der Waals surface area (Å²) in [6.07, 6.45) is 11.9. The number of hydrogen-bond acceptors (Lipinski definition) is 12. The molecule has 2 saturated carbocycles. The van der Waals surface area contributed by atoms with Gasteiger partial charge in [0.25, 0.3) is 0 Å². The van der Waals surface area contributed by atoms with Crippen molar-refractivity contribution < 1.29 is 37.9 Å². The lowest BCUT2D eigenvalue weighted by Crippen LogP contribution is -2.20. The molecule has 0 unspecified atom stereocenters. The van der Waals surface area contributed by atoms with Gasteiger partial charge in [-0.15, -0.1) is 0 Å². The molecule has 16 aromatic carbocycles. The van der Waals surface area contributed by atoms with E-state index >= 15 is 0 Å². The van der Waals surface area contributed by atoms with Gasteiger partial charge in [-0.2, -0.15) is 0 Å². The number of nitrogens with zero attached hydrogens (tertiary/aromatic N) is 4. The number of ether oxygens (including phenoxy) is 8. The van der Waals surface area contributed by atoms with Crippen LogP contribution >= 0.6 is 0 Å². The zero-order chi connectivity index (χ0) is 78.1. The molecule has 16 aromatic rings. The highest BCUT2D eigenvalue weighted by Gasteiger charge is 2.31. The molecule has 0 heterocycles. The lowest BCUT2D eigenvalue weighted by molar-refractivity contribution is 0.157. The number of rotatable bonds is 22. The van der Waals surface area contributed by atoms with Gasteiger partial charge in [-0.25, -0.2) is 0 Å². The highest BCUT2D eigenvalue weighted by molar-refractivity contribution is 6.32. The minimum atomic E-state index is 0.164. The molecule has 0 atom stereocenters. The van der Waals surface area contributed by atoms with Gasteiger partial charge >= 0.3 is 0 Å². The Bertz CT molecular complexity index is 5670. The van der Waals surface area contributed by atoms with E-state index in [9.17, 15) is 0 Å². The van der Waals surface area contributed by atoms with Crippen LogP contribution in [-0.2, 0) is 0 Å². The quantitative estimate of drug-likeness (QED) is 0.0606. The van der Waals surface area contributed by atoms with Crippen LogP contribution in [0.3, 0.4) is 0 Å². The van der Waals surface area contributed by atoms with Crippen molar-refractivity contribution in [1.29, 1.82) is 0 Å². The normalized spacial score (nSPS) is 13.3. The van der Waals surface area contributed by atoms with Crippen LogP contribution in [0.15, 0.2) is 267 Å². The van der Waals surface area contributed by atoms with E-state index in [0.717, 1.165) is 194 Å². The van der Waals surface area contributed by atoms with E-state index in [4.69, 9.17) is 37.9 Å². The van der Waals surface area contributed by atoms with Gasteiger partial charge < -0.3 is 57.5 Å². The Labute approximate surface area is 668 Å². The van der Waals surface area contributed by atoms with Crippen LogP contribution in [0.1, 0.15) is 86.5 Å². The number of hydrogen-bond donors (Lipinski definition) is 0. The van der Waals surface area contributed by atoms with Gasteiger partial charge in [0.05, 0.1) is 77.6 Å². The van der Waals surface area contributed by atoms with Gasteiger partial charge in [0, 0.05) is 134 Å². The first-order valence-corrected chi connectivity index (χ1v) is 39.9. The van der Waals surface area contributed by atoms with Crippen LogP contribution < -0.4 is 57.5 Å². The minimum absolute atomic E-state index is 0.164. The summed E-state index contributed by atoms with van der Waals surface area (Å²) in [7, 11) is 10.3. The van der Waals surface area contributed by atoms with E-state index in [1.54, 1.807) is 42.7 Å². The van der Waals surface area contributed by atoms with Crippen molar-refractivity contribution in [2.75, 3.05) is 62.3 Å². The maximum atomic E-state index is 7.23. The van der Waals surface area contributed by atoms with Crippen molar-refractivity contribution in [1.82, 2.24) is 0 Å². The molecular formula is C102H96N4O8. The average molecular weight is 1510 g/mol. The largest absolute Gasteiger partial charge is 0.497 e. The van der Waals surface area contributed by atoms with Crippen LogP contribution in [0, 0.1) is 27.7 Å². The number of aryl methyl sites for hydroxylation is 4. The molecule has 12 heteroatoms. The summed E-state index contributed by atoms with van der Waals surface area (Å²) >= 11 is 0. The molecule has 0 aromatic heterocycles. The number of benzene rings is 16. The van der Waals surface area contributed by atoms with Crippen molar-refractivity contribution in [3.8, 4) is 46.0 Å². The van der Waals surface area contributed by atoms with E-state index < -0.39 is 0 Å². The standard InChI is InChI=1S/C56H56N2O4.C46H40N2O4/c1-37-15-19-39(20-16-37)57(41-23-27-43(59-3)28-24-41)51-35-53(61-45-11-7-5-8-12-45)49-34-32-48-52(58(40-21-17-38(2)18-22-40)42-25-29-44(60-4)30-26-42)36-54(62-46-13-9-6-10-14-46)50-33-31-47(51)55(49)56(48)50;1-29-7-11-31(12-8-29)47(33-15-19-35(49-3)20-16-33)41-27-43(51-5)39-26-24-38-42(28-44(52-6)40-25-23-37(41)45(39)46(38)40)48(32-13-9-30(2)10-14-32)34-17-21-36(50-4)22-18-34/h15-36,45-46H,5-14H2,1-4H3;7-28H,1-6H3. The van der Waals surface area contributed by atoms with Gasteiger partial charge in [-0.3, -0.25) is 0 Å². The Morgan fingerprint density at radius 1 is 0.211 bits per heavy atom. The fourth-order valence-electron chi connectivity index (χ4n) is 17.2. The van der Waals surface area contributed by atoms with Crippen molar-refractivity contribution >= 4 is 133 Å². The molecule has 0 bridgehead atoms. The zero-order valence-corrected chi connectivity index (χ0v) is 66.7. The lowest BCUT2D eigenvalue weighted by atomic mass is 9.90. The molecule has 572 valence electrons. The lowest BCUT2D eigenvalue weighted by Gasteiger charge is -2.32. The summed E-state index contributed by atoms with van der Waals surface area (Å²) in [6, 6.07) is 95.1. The second-order valence-electron chi connectivity index (χ2n) is 30.4. The smallest absolute Gasteiger partial charge is 0.129 e. The van der Waals surface area contributed by atoms with Crippen molar-refractivity contribution in [3.05, 3.63) is 289 Å². The molecule has 0 saturated heterocycles. The molecule has 2 aliphatic rings. The van der Waals surface area contributed by atoms with Crippen LogP contribution in [0.5, 0.6) is 46.0 Å². The SMILES string of the molecule is COc1ccc(N(c2ccc(C)cc2)c2cc(OC)c3ccc4c(N(c5ccc(C)cc5)c5ccc(OC)cc5)cc(OC)c5ccc2c3c54)cc1.COc1ccc(N(c2ccc(C)cc2)c2cc(OC3CCCCC3)c3ccc4c(N(c5ccc(C)cc5)c5ccc(OC)cc5)cc(OC5CCCCC5)c5ccc2c3c54)cc1. The third kappa shape index (κ3) is 14.2. The predicted octanol–water partition coefficient (Wildman–Crippen LogP) is 27.8. The Kier molecular flexibility index (Phi) is 20.8. The van der Waals surface area contributed by atoms with Gasteiger partial charge in [0.1, 0.15) is 46.0 Å². The highest BCUT2D eigenvalue weighted by atomic mass is 16.5. The number of methoxy groups -OCH3 is 6. The third-order valence-electron chi connectivity index (χ3n) is 23.1. The van der Waals surface area contributed by atoms with Gasteiger partial charge in [-0.1, -0.05) is 108 Å². The second-order valence-corrected chi connectivity index (χ2v) is 30.4. The summed E-state index contributed by atoms with van der Waals surface area (Å²) in [5.74, 6) is 6.67. The summed E-state index contributed by atoms with van der Waals surface area (Å²) < 4.78 is 49.2. The first kappa shape index (κ1) is 74.0. The Balaban J connectivity index is 0.000000167. The van der Waals surface area contributed by atoms with Crippen LogP contribution in [-0.4, -0.2) is 54.9 Å². The van der Waals surface area contributed by atoms with E-state index in [0.29, 0.717) is 0 Å². The molecule has 18 rings (SSSR count). The van der Waals surface area contributed by atoms with Crippen LogP contribution in [0.2, 0.25) is 0 Å². The third-order valence-corrected chi connectivity index (χ3v) is 23.1. The molecule has 114 heavy (non-hydrogen) atoms. The van der Waals surface area contributed by atoms with Crippen molar-refractivity contribution in [2.24, 2.45) is 0 Å². The van der Waals surface area contributed by atoms with Gasteiger partial charge in [0.15, 0.2) is 0 Å². The van der Waals surface area contributed by atoms with E-state index in [1.807, 2.05) is 48.5 Å². The van der Waals surface area contributed by atoms with Gasteiger partial charge in [0.2, 0.25) is 0 Å². The summed E-state index contributed by atoms with van der Waals surface area (Å²) in [5, 5.41) is 13.4. The molecule has 0 N–H and O–H groups in total. The first-order chi connectivity index (χ1) is 55.9. The zero-order valence-electron chi connectivity index (χ0n) is 66.7. The van der Waals surface area contributed by atoms with Crippen LogP contribution in [0.25, 0.3) is 64.6 Å². The summed E-state index contributed by atoms with van der Waals surface area (Å²) in [5.41, 5.74) is 17.3. The van der Waals surface area contributed by atoms with E-state index in [2.05, 4.69) is 266 Å².